The largest absolute Gasteiger partial charge is 0.497 e. The van der Waals surface area contributed by atoms with Crippen molar-refractivity contribution in [2.75, 3.05) is 12.9 Å². The molecule has 0 fully saturated rings. The number of hydrogen-bond acceptors (Lipinski definition) is 2. The topological polar surface area (TPSA) is 9.23 Å². The quantitative estimate of drug-likeness (QED) is 0.616. The molecule has 0 bridgehead atoms. The molecule has 0 unspecified atom stereocenters. The van der Waals surface area contributed by atoms with Gasteiger partial charge in [0.2, 0.25) is 0 Å². The summed E-state index contributed by atoms with van der Waals surface area (Å²) in [7, 11) is 1.71. The smallest absolute Gasteiger partial charge is 0.118 e. The molecule has 0 amide bonds. The lowest BCUT2D eigenvalue weighted by Crippen LogP contribution is -1.86. The minimum Gasteiger partial charge on any atom is -0.497 e. The first kappa shape index (κ1) is 13.4. The van der Waals surface area contributed by atoms with E-state index in [0.717, 1.165) is 11.5 Å². The van der Waals surface area contributed by atoms with Crippen molar-refractivity contribution in [2.45, 2.75) is 38.4 Å². The fourth-order valence-corrected chi connectivity index (χ4v) is 2.52. The van der Waals surface area contributed by atoms with Gasteiger partial charge in [0.25, 0.3) is 0 Å². The van der Waals surface area contributed by atoms with Crippen LogP contribution in [0.2, 0.25) is 0 Å². The molecule has 0 saturated carbocycles. The van der Waals surface area contributed by atoms with Crippen LogP contribution in [0.1, 0.15) is 38.2 Å². The Labute approximate surface area is 104 Å². The molecule has 0 heterocycles. The Balaban J connectivity index is 2.12. The first-order valence-electron chi connectivity index (χ1n) is 6.07. The normalized spacial score (nSPS) is 10.4. The predicted molar refractivity (Wildman–Crippen MR) is 73.3 cm³/mol. The number of methoxy groups -OCH3 is 1. The summed E-state index contributed by atoms with van der Waals surface area (Å²) in [6, 6.07) is 8.37. The van der Waals surface area contributed by atoms with Crippen LogP contribution in [-0.2, 0) is 5.75 Å². The zero-order valence-corrected chi connectivity index (χ0v) is 11.2. The second kappa shape index (κ2) is 8.51. The number of hydrogen-bond donors (Lipinski definition) is 0. The van der Waals surface area contributed by atoms with E-state index in [1.165, 1.54) is 37.0 Å². The van der Waals surface area contributed by atoms with Crippen molar-refractivity contribution in [1.82, 2.24) is 0 Å². The van der Waals surface area contributed by atoms with Crippen molar-refractivity contribution in [3.8, 4) is 5.75 Å². The van der Waals surface area contributed by atoms with Gasteiger partial charge in [-0.25, -0.2) is 0 Å². The van der Waals surface area contributed by atoms with Crippen LogP contribution in [0.15, 0.2) is 24.3 Å². The monoisotopic (exact) mass is 238 g/mol. The Hall–Kier alpha value is -0.630. The van der Waals surface area contributed by atoms with Gasteiger partial charge < -0.3 is 4.74 Å². The molecule has 1 rings (SSSR count). The minimum absolute atomic E-state index is 0.941. The van der Waals surface area contributed by atoms with Gasteiger partial charge >= 0.3 is 0 Å². The fourth-order valence-electron chi connectivity index (χ4n) is 1.54. The summed E-state index contributed by atoms with van der Waals surface area (Å²) in [5.74, 6) is 3.35. The third-order valence-electron chi connectivity index (χ3n) is 2.57. The summed E-state index contributed by atoms with van der Waals surface area (Å²) < 4.78 is 5.13. The highest BCUT2D eigenvalue weighted by molar-refractivity contribution is 7.98. The maximum atomic E-state index is 5.13. The molecule has 1 aromatic carbocycles. The first-order valence-corrected chi connectivity index (χ1v) is 7.23. The molecule has 0 aliphatic heterocycles. The Bertz CT molecular complexity index is 269. The summed E-state index contributed by atoms with van der Waals surface area (Å²) in [4.78, 5) is 0. The Kier molecular flexibility index (Phi) is 7.15. The van der Waals surface area contributed by atoms with Crippen molar-refractivity contribution < 1.29 is 4.74 Å². The Morgan fingerprint density at radius 1 is 1.06 bits per heavy atom. The van der Waals surface area contributed by atoms with E-state index in [9.17, 15) is 0 Å². The van der Waals surface area contributed by atoms with Crippen LogP contribution in [0.5, 0.6) is 5.75 Å². The van der Waals surface area contributed by atoms with Gasteiger partial charge in [-0.15, -0.1) is 0 Å². The number of ether oxygens (including phenoxy) is 1. The van der Waals surface area contributed by atoms with Gasteiger partial charge in [-0.3, -0.25) is 0 Å². The third-order valence-corrected chi connectivity index (χ3v) is 3.68. The highest BCUT2D eigenvalue weighted by Gasteiger charge is 1.95. The van der Waals surface area contributed by atoms with Crippen molar-refractivity contribution in [1.29, 1.82) is 0 Å². The molecular formula is C14H22OS. The highest BCUT2D eigenvalue weighted by atomic mass is 32.2. The molecule has 1 nitrogen and oxygen atoms in total. The molecule has 0 atom stereocenters. The summed E-state index contributed by atoms with van der Waals surface area (Å²) in [5, 5.41) is 0. The van der Waals surface area contributed by atoms with Crippen molar-refractivity contribution >= 4 is 11.8 Å². The summed E-state index contributed by atoms with van der Waals surface area (Å²) in [6.07, 6.45) is 5.44. The van der Waals surface area contributed by atoms with Gasteiger partial charge in [-0.1, -0.05) is 38.3 Å². The van der Waals surface area contributed by atoms with Gasteiger partial charge in [-0.05, 0) is 29.9 Å². The predicted octanol–water partition coefficient (Wildman–Crippen LogP) is 4.51. The van der Waals surface area contributed by atoms with Crippen LogP contribution in [0, 0.1) is 0 Å². The van der Waals surface area contributed by atoms with Crippen LogP contribution in [-0.4, -0.2) is 12.9 Å². The lowest BCUT2D eigenvalue weighted by molar-refractivity contribution is 0.414. The zero-order chi connectivity index (χ0) is 11.6. The van der Waals surface area contributed by atoms with E-state index < -0.39 is 0 Å². The van der Waals surface area contributed by atoms with Gasteiger partial charge in [0.15, 0.2) is 0 Å². The Morgan fingerprint density at radius 2 is 1.81 bits per heavy atom. The lowest BCUT2D eigenvalue weighted by Gasteiger charge is -2.03. The zero-order valence-electron chi connectivity index (χ0n) is 10.4. The maximum absolute atomic E-state index is 5.13. The molecule has 1 aromatic rings. The van der Waals surface area contributed by atoms with Gasteiger partial charge in [0.05, 0.1) is 7.11 Å². The Morgan fingerprint density at radius 3 is 2.44 bits per heavy atom. The molecular weight excluding hydrogens is 216 g/mol. The molecule has 16 heavy (non-hydrogen) atoms. The van der Waals surface area contributed by atoms with Crippen molar-refractivity contribution in [2.24, 2.45) is 0 Å². The third kappa shape index (κ3) is 5.45. The van der Waals surface area contributed by atoms with E-state index in [0.29, 0.717) is 0 Å². The number of unbranched alkanes of at least 4 members (excludes halogenated alkanes) is 3. The van der Waals surface area contributed by atoms with E-state index in [-0.39, 0.29) is 0 Å². The molecule has 0 saturated heterocycles. The molecule has 0 aliphatic carbocycles. The first-order chi connectivity index (χ1) is 7.86. The SMILES string of the molecule is CCCCCCSCc1ccc(OC)cc1. The van der Waals surface area contributed by atoms with Gasteiger partial charge in [0, 0.05) is 5.75 Å². The summed E-state index contributed by atoms with van der Waals surface area (Å²) >= 11 is 2.03. The van der Waals surface area contributed by atoms with Gasteiger partial charge in [-0.2, -0.15) is 11.8 Å². The van der Waals surface area contributed by atoms with Crippen LogP contribution in [0.3, 0.4) is 0 Å². The molecule has 0 radical (unpaired) electrons. The second-order valence-electron chi connectivity index (χ2n) is 3.96. The van der Waals surface area contributed by atoms with E-state index in [4.69, 9.17) is 4.74 Å². The van der Waals surface area contributed by atoms with E-state index in [1.54, 1.807) is 7.11 Å². The van der Waals surface area contributed by atoms with Crippen LogP contribution in [0.25, 0.3) is 0 Å². The number of rotatable bonds is 8. The summed E-state index contributed by atoms with van der Waals surface area (Å²) in [5.41, 5.74) is 1.39. The van der Waals surface area contributed by atoms with Crippen LogP contribution in [0.4, 0.5) is 0 Å². The molecule has 2 heteroatoms. The van der Waals surface area contributed by atoms with Crippen LogP contribution >= 0.6 is 11.8 Å². The fraction of sp³-hybridized carbons (Fsp3) is 0.571. The average molecular weight is 238 g/mol. The van der Waals surface area contributed by atoms with E-state index in [2.05, 4.69) is 19.1 Å². The molecule has 0 aliphatic rings. The van der Waals surface area contributed by atoms with Gasteiger partial charge in [0.1, 0.15) is 5.75 Å². The molecule has 0 N–H and O–H groups in total. The molecule has 0 spiro atoms. The maximum Gasteiger partial charge on any atom is 0.118 e. The van der Waals surface area contributed by atoms with Crippen molar-refractivity contribution in [3.05, 3.63) is 29.8 Å². The summed E-state index contributed by atoms with van der Waals surface area (Å²) in [6.45, 7) is 2.25. The molecule has 0 aromatic heterocycles. The number of thioether (sulfide) groups is 1. The number of benzene rings is 1. The van der Waals surface area contributed by atoms with E-state index >= 15 is 0 Å². The highest BCUT2D eigenvalue weighted by Crippen LogP contribution is 2.17. The van der Waals surface area contributed by atoms with Crippen LogP contribution < -0.4 is 4.74 Å². The second-order valence-corrected chi connectivity index (χ2v) is 5.07. The van der Waals surface area contributed by atoms with E-state index in [1.807, 2.05) is 23.9 Å². The van der Waals surface area contributed by atoms with Crippen molar-refractivity contribution in [3.63, 3.8) is 0 Å². The minimum atomic E-state index is 0.941. The standard InChI is InChI=1S/C14H22OS/c1-3-4-5-6-11-16-12-13-7-9-14(15-2)10-8-13/h7-10H,3-6,11-12H2,1-2H3. The average Bonchev–Trinajstić information content (AvgIpc) is 2.34. The molecule has 90 valence electrons. The lowest BCUT2D eigenvalue weighted by atomic mass is 10.2.